The third-order valence-corrected chi connectivity index (χ3v) is 2.01. The van der Waals surface area contributed by atoms with E-state index in [0.717, 1.165) is 0 Å². The minimum Gasteiger partial charge on any atom is -0.466 e. The van der Waals surface area contributed by atoms with E-state index < -0.39 is 12.0 Å². The van der Waals surface area contributed by atoms with E-state index in [4.69, 9.17) is 9.47 Å². The molecule has 1 N–H and O–H groups in total. The predicted octanol–water partition coefficient (Wildman–Crippen LogP) is -0.0547. The quantitative estimate of drug-likeness (QED) is 0.596. The molecule has 1 saturated heterocycles. The highest BCUT2D eigenvalue weighted by Crippen LogP contribution is 2.22. The van der Waals surface area contributed by atoms with Crippen LogP contribution in [0.5, 0.6) is 0 Å². The van der Waals surface area contributed by atoms with Gasteiger partial charge in [0.2, 0.25) is 0 Å². The third kappa shape index (κ3) is 1.76. The summed E-state index contributed by atoms with van der Waals surface area (Å²) in [5, 5.41) is 9.33. The van der Waals surface area contributed by atoms with Crippen LogP contribution >= 0.6 is 0 Å². The first-order chi connectivity index (χ1) is 5.66. The van der Waals surface area contributed by atoms with E-state index in [9.17, 15) is 9.90 Å². The predicted molar refractivity (Wildman–Crippen MR) is 41.5 cm³/mol. The van der Waals surface area contributed by atoms with Crippen molar-refractivity contribution in [3.05, 3.63) is 0 Å². The van der Waals surface area contributed by atoms with Crippen molar-refractivity contribution in [1.82, 2.24) is 0 Å². The average Bonchev–Trinajstić information content (AvgIpc) is 2.32. The number of hydrogen-bond donors (Lipinski definition) is 1. The molecule has 4 heteroatoms. The number of aliphatic hydroxyl groups is 1. The first kappa shape index (κ1) is 9.48. The maximum Gasteiger partial charge on any atom is 0.314 e. The fraction of sp³-hybridized carbons (Fsp3) is 0.875. The maximum atomic E-state index is 11.2. The number of rotatable bonds is 2. The molecule has 3 atom stereocenters. The number of carbonyl (C=O) groups is 1. The van der Waals surface area contributed by atoms with Crippen LogP contribution in [-0.4, -0.2) is 36.5 Å². The molecule has 1 aliphatic heterocycles. The van der Waals surface area contributed by atoms with Crippen molar-refractivity contribution in [2.75, 3.05) is 13.2 Å². The van der Waals surface area contributed by atoms with Gasteiger partial charge in [0.1, 0.15) is 5.92 Å². The second-order valence-electron chi connectivity index (χ2n) is 2.88. The molecule has 0 saturated carbocycles. The summed E-state index contributed by atoms with van der Waals surface area (Å²) < 4.78 is 9.88. The van der Waals surface area contributed by atoms with Crippen molar-refractivity contribution in [1.29, 1.82) is 0 Å². The molecule has 3 unspecified atom stereocenters. The SMILES string of the molecule is CCOC(=O)C1C(O)COC1C. The molecule has 0 radical (unpaired) electrons. The lowest BCUT2D eigenvalue weighted by atomic mass is 10.0. The minimum absolute atomic E-state index is 0.227. The number of aliphatic hydroxyl groups excluding tert-OH is 1. The molecule has 1 heterocycles. The van der Waals surface area contributed by atoms with Gasteiger partial charge in [0, 0.05) is 0 Å². The van der Waals surface area contributed by atoms with Crippen molar-refractivity contribution < 1.29 is 19.4 Å². The van der Waals surface area contributed by atoms with Crippen LogP contribution in [0.4, 0.5) is 0 Å². The van der Waals surface area contributed by atoms with Gasteiger partial charge in [-0.3, -0.25) is 4.79 Å². The highest BCUT2D eigenvalue weighted by atomic mass is 16.5. The lowest BCUT2D eigenvalue weighted by molar-refractivity contribution is -0.152. The molecule has 70 valence electrons. The van der Waals surface area contributed by atoms with Gasteiger partial charge in [0.05, 0.1) is 25.4 Å². The van der Waals surface area contributed by atoms with E-state index >= 15 is 0 Å². The zero-order valence-electron chi connectivity index (χ0n) is 7.32. The molecule has 0 spiro atoms. The van der Waals surface area contributed by atoms with Crippen LogP contribution in [0.15, 0.2) is 0 Å². The van der Waals surface area contributed by atoms with Crippen LogP contribution in [0.1, 0.15) is 13.8 Å². The molecular weight excluding hydrogens is 160 g/mol. The molecule has 1 rings (SSSR count). The van der Waals surface area contributed by atoms with Crippen molar-refractivity contribution in [3.8, 4) is 0 Å². The molecule has 0 bridgehead atoms. The maximum absolute atomic E-state index is 11.2. The summed E-state index contributed by atoms with van der Waals surface area (Å²) in [7, 11) is 0. The van der Waals surface area contributed by atoms with Crippen LogP contribution in [0.3, 0.4) is 0 Å². The Balaban J connectivity index is 2.53. The Morgan fingerprint density at radius 1 is 1.75 bits per heavy atom. The Morgan fingerprint density at radius 3 is 2.83 bits per heavy atom. The van der Waals surface area contributed by atoms with E-state index in [1.165, 1.54) is 0 Å². The summed E-state index contributed by atoms with van der Waals surface area (Å²) in [5.41, 5.74) is 0. The Labute approximate surface area is 71.5 Å². The number of carbonyl (C=O) groups excluding carboxylic acids is 1. The molecule has 12 heavy (non-hydrogen) atoms. The van der Waals surface area contributed by atoms with E-state index in [0.29, 0.717) is 6.61 Å². The van der Waals surface area contributed by atoms with Crippen molar-refractivity contribution in [2.45, 2.75) is 26.1 Å². The summed E-state index contributed by atoms with van der Waals surface area (Å²) in [5.74, 6) is -0.875. The zero-order valence-corrected chi connectivity index (χ0v) is 7.32. The minimum atomic E-state index is -0.709. The Bertz CT molecular complexity index is 158. The Morgan fingerprint density at radius 2 is 2.42 bits per heavy atom. The lowest BCUT2D eigenvalue weighted by Gasteiger charge is -2.14. The highest BCUT2D eigenvalue weighted by Gasteiger charge is 2.39. The van der Waals surface area contributed by atoms with Gasteiger partial charge in [0.15, 0.2) is 0 Å². The van der Waals surface area contributed by atoms with E-state index in [1.54, 1.807) is 13.8 Å². The molecular formula is C8H14O4. The van der Waals surface area contributed by atoms with Crippen LogP contribution in [0, 0.1) is 5.92 Å². The molecule has 0 aromatic rings. The van der Waals surface area contributed by atoms with Crippen molar-refractivity contribution >= 4 is 5.97 Å². The van der Waals surface area contributed by atoms with Gasteiger partial charge in [0.25, 0.3) is 0 Å². The van der Waals surface area contributed by atoms with Gasteiger partial charge >= 0.3 is 5.97 Å². The summed E-state index contributed by atoms with van der Waals surface area (Å²) in [6.45, 7) is 4.07. The molecule has 4 nitrogen and oxygen atoms in total. The fourth-order valence-corrected chi connectivity index (χ4v) is 1.36. The Hall–Kier alpha value is -0.610. The van der Waals surface area contributed by atoms with Crippen molar-refractivity contribution in [2.24, 2.45) is 5.92 Å². The van der Waals surface area contributed by atoms with E-state index in [2.05, 4.69) is 0 Å². The summed E-state index contributed by atoms with van der Waals surface area (Å²) in [6, 6.07) is 0. The molecule has 0 aliphatic carbocycles. The second kappa shape index (κ2) is 3.87. The smallest absolute Gasteiger partial charge is 0.314 e. The van der Waals surface area contributed by atoms with Crippen molar-refractivity contribution in [3.63, 3.8) is 0 Å². The number of hydrogen-bond acceptors (Lipinski definition) is 4. The van der Waals surface area contributed by atoms with Gasteiger partial charge < -0.3 is 14.6 Å². The zero-order chi connectivity index (χ0) is 9.14. The molecule has 0 amide bonds. The Kier molecular flexibility index (Phi) is 3.05. The normalized spacial score (nSPS) is 35.1. The number of ether oxygens (including phenoxy) is 2. The van der Waals surface area contributed by atoms with E-state index in [1.807, 2.05) is 0 Å². The molecule has 0 aromatic carbocycles. The second-order valence-corrected chi connectivity index (χ2v) is 2.88. The molecule has 1 aliphatic rings. The van der Waals surface area contributed by atoms with Gasteiger partial charge in [-0.25, -0.2) is 0 Å². The fourth-order valence-electron chi connectivity index (χ4n) is 1.36. The summed E-state index contributed by atoms with van der Waals surface area (Å²) >= 11 is 0. The first-order valence-corrected chi connectivity index (χ1v) is 4.13. The van der Waals surface area contributed by atoms with Crippen LogP contribution in [-0.2, 0) is 14.3 Å². The number of esters is 1. The molecule has 0 aromatic heterocycles. The lowest BCUT2D eigenvalue weighted by Crippen LogP contribution is -2.32. The van der Waals surface area contributed by atoms with Crippen LogP contribution < -0.4 is 0 Å². The van der Waals surface area contributed by atoms with Gasteiger partial charge in [-0.15, -0.1) is 0 Å². The van der Waals surface area contributed by atoms with E-state index in [-0.39, 0.29) is 18.7 Å². The standard InChI is InChI=1S/C8H14O4/c1-3-11-8(10)7-5(2)12-4-6(7)9/h5-7,9H,3-4H2,1-2H3. The summed E-state index contributed by atoms with van der Waals surface area (Å²) in [4.78, 5) is 11.2. The molecule has 1 fully saturated rings. The largest absolute Gasteiger partial charge is 0.466 e. The third-order valence-electron chi connectivity index (χ3n) is 2.01. The first-order valence-electron chi connectivity index (χ1n) is 4.13. The topological polar surface area (TPSA) is 55.8 Å². The highest BCUT2D eigenvalue weighted by molar-refractivity contribution is 5.74. The monoisotopic (exact) mass is 174 g/mol. The van der Waals surface area contributed by atoms with Gasteiger partial charge in [-0.05, 0) is 13.8 Å². The van der Waals surface area contributed by atoms with Crippen LogP contribution in [0.2, 0.25) is 0 Å². The van der Waals surface area contributed by atoms with Crippen LogP contribution in [0.25, 0.3) is 0 Å². The summed E-state index contributed by atoms with van der Waals surface area (Å²) in [6.07, 6.45) is -0.946. The average molecular weight is 174 g/mol. The van der Waals surface area contributed by atoms with Gasteiger partial charge in [-0.1, -0.05) is 0 Å². The van der Waals surface area contributed by atoms with Gasteiger partial charge in [-0.2, -0.15) is 0 Å².